The molecule has 2 atom stereocenters. The standard InChI is InChI=1S/C26H33ClN4O7S2/c1-3-18-20(31-11-13-37-12-9-24(31)32)5-4-6-22(18)40(35,36)29-19(26(34)30-10-14-38-16-17(30)2)15-28-25(33)21-7-8-23(27)39-21/h4-8,17,19,29H,3,9-16H2,1-2H3,(H,28,33)/t17-,19-/m0/s1. The van der Waals surface area contributed by atoms with E-state index in [0.29, 0.717) is 66.4 Å². The number of thiophene rings is 1. The summed E-state index contributed by atoms with van der Waals surface area (Å²) in [5, 5.41) is 2.67. The second kappa shape index (κ2) is 13.4. The maximum absolute atomic E-state index is 13.8. The van der Waals surface area contributed by atoms with E-state index >= 15 is 0 Å². The van der Waals surface area contributed by atoms with Crippen LogP contribution in [0, 0.1) is 0 Å². The number of benzene rings is 1. The van der Waals surface area contributed by atoms with Crippen molar-refractivity contribution in [2.75, 3.05) is 51.0 Å². The van der Waals surface area contributed by atoms with Gasteiger partial charge in [0.25, 0.3) is 5.91 Å². The van der Waals surface area contributed by atoms with Gasteiger partial charge in [0.2, 0.25) is 21.8 Å². The van der Waals surface area contributed by atoms with Crippen LogP contribution in [0.2, 0.25) is 4.34 Å². The number of carbonyl (C=O) groups excluding carboxylic acids is 3. The molecule has 1 aromatic carbocycles. The molecule has 2 fully saturated rings. The highest BCUT2D eigenvalue weighted by Gasteiger charge is 2.35. The minimum atomic E-state index is -4.27. The van der Waals surface area contributed by atoms with Crippen molar-refractivity contribution in [1.29, 1.82) is 0 Å². The van der Waals surface area contributed by atoms with Crippen molar-refractivity contribution in [3.05, 3.63) is 45.1 Å². The molecule has 11 nitrogen and oxygen atoms in total. The molecule has 2 aliphatic heterocycles. The average Bonchev–Trinajstić information content (AvgIpc) is 3.26. The lowest BCUT2D eigenvalue weighted by molar-refractivity contribution is -0.140. The summed E-state index contributed by atoms with van der Waals surface area (Å²) in [4.78, 5) is 42.5. The van der Waals surface area contributed by atoms with Crippen molar-refractivity contribution < 1.29 is 32.3 Å². The number of morpholine rings is 1. The first-order chi connectivity index (χ1) is 19.1. The Morgan fingerprint density at radius 2 is 1.93 bits per heavy atom. The zero-order valence-electron chi connectivity index (χ0n) is 22.4. The van der Waals surface area contributed by atoms with Gasteiger partial charge < -0.3 is 24.6 Å². The molecule has 0 saturated carbocycles. The molecule has 1 aromatic heterocycles. The lowest BCUT2D eigenvalue weighted by atomic mass is 10.1. The number of nitrogens with one attached hydrogen (secondary N) is 2. The van der Waals surface area contributed by atoms with Crippen molar-refractivity contribution in [3.63, 3.8) is 0 Å². The summed E-state index contributed by atoms with van der Waals surface area (Å²) in [5.41, 5.74) is 0.946. The fourth-order valence-corrected chi connectivity index (χ4v) is 7.23. The minimum Gasteiger partial charge on any atom is -0.379 e. The quantitative estimate of drug-likeness (QED) is 0.443. The molecule has 4 rings (SSSR count). The second-order valence-electron chi connectivity index (χ2n) is 9.46. The van der Waals surface area contributed by atoms with Gasteiger partial charge in [-0.15, -0.1) is 11.3 Å². The Hall–Kier alpha value is -2.55. The van der Waals surface area contributed by atoms with Crippen LogP contribution in [-0.2, 0) is 35.5 Å². The van der Waals surface area contributed by atoms with Crippen molar-refractivity contribution in [1.82, 2.24) is 14.9 Å². The molecule has 40 heavy (non-hydrogen) atoms. The van der Waals surface area contributed by atoms with Crippen molar-refractivity contribution in [2.45, 2.75) is 43.7 Å². The first-order valence-corrected chi connectivity index (χ1v) is 15.7. The van der Waals surface area contributed by atoms with Crippen molar-refractivity contribution in [3.8, 4) is 0 Å². The van der Waals surface area contributed by atoms with Gasteiger partial charge in [-0.25, -0.2) is 8.42 Å². The summed E-state index contributed by atoms with van der Waals surface area (Å²) in [7, 11) is -4.27. The number of anilines is 1. The van der Waals surface area contributed by atoms with E-state index in [2.05, 4.69) is 10.0 Å². The lowest BCUT2D eigenvalue weighted by Crippen LogP contribution is -2.58. The SMILES string of the molecule is CCc1c(N2CCOCCC2=O)cccc1S(=O)(=O)N[C@@H](CNC(=O)c1ccc(Cl)s1)C(=O)N1CCOC[C@@H]1C. The van der Waals surface area contributed by atoms with Crippen LogP contribution < -0.4 is 14.9 Å². The molecule has 2 N–H and O–H groups in total. The lowest BCUT2D eigenvalue weighted by Gasteiger charge is -2.36. The molecule has 0 aliphatic carbocycles. The predicted octanol–water partition coefficient (Wildman–Crippen LogP) is 2.04. The van der Waals surface area contributed by atoms with E-state index < -0.39 is 27.9 Å². The third-order valence-electron chi connectivity index (χ3n) is 6.77. The average molecular weight is 613 g/mol. The number of rotatable bonds is 9. The van der Waals surface area contributed by atoms with Crippen LogP contribution in [0.5, 0.6) is 0 Å². The fraction of sp³-hybridized carbons (Fsp3) is 0.500. The van der Waals surface area contributed by atoms with Gasteiger partial charge in [-0.3, -0.25) is 14.4 Å². The van der Waals surface area contributed by atoms with E-state index in [0.717, 1.165) is 11.3 Å². The Labute approximate surface area is 242 Å². The number of hydrogen-bond donors (Lipinski definition) is 2. The molecule has 14 heteroatoms. The number of ether oxygens (including phenoxy) is 2. The van der Waals surface area contributed by atoms with Crippen molar-refractivity contribution >= 4 is 56.4 Å². The van der Waals surface area contributed by atoms with Crippen LogP contribution in [0.25, 0.3) is 0 Å². The van der Waals surface area contributed by atoms with Crippen LogP contribution >= 0.6 is 22.9 Å². The van der Waals surface area contributed by atoms with Crippen LogP contribution in [0.3, 0.4) is 0 Å². The normalized spacial score (nSPS) is 19.3. The molecule has 3 amide bonds. The highest BCUT2D eigenvalue weighted by atomic mass is 35.5. The van der Waals surface area contributed by atoms with E-state index in [1.54, 1.807) is 41.0 Å². The van der Waals surface area contributed by atoms with Crippen LogP contribution in [0.1, 0.15) is 35.5 Å². The smallest absolute Gasteiger partial charge is 0.261 e. The zero-order chi connectivity index (χ0) is 28.9. The highest BCUT2D eigenvalue weighted by Crippen LogP contribution is 2.29. The van der Waals surface area contributed by atoms with Crippen LogP contribution in [-0.4, -0.2) is 89.2 Å². The van der Waals surface area contributed by atoms with E-state index in [9.17, 15) is 22.8 Å². The monoisotopic (exact) mass is 612 g/mol. The second-order valence-corrected chi connectivity index (χ2v) is 12.9. The predicted molar refractivity (Wildman–Crippen MR) is 151 cm³/mol. The van der Waals surface area contributed by atoms with Gasteiger partial charge >= 0.3 is 0 Å². The summed E-state index contributed by atoms with van der Waals surface area (Å²) in [5.74, 6) is -1.10. The summed E-state index contributed by atoms with van der Waals surface area (Å²) >= 11 is 7.03. The molecule has 2 saturated heterocycles. The minimum absolute atomic E-state index is 0.0327. The molecular formula is C26H33ClN4O7S2. The molecule has 218 valence electrons. The third-order valence-corrected chi connectivity index (χ3v) is 9.56. The number of carbonyl (C=O) groups is 3. The molecule has 0 unspecified atom stereocenters. The number of halogens is 1. The van der Waals surface area contributed by atoms with Gasteiger partial charge in [-0.1, -0.05) is 24.6 Å². The molecule has 0 radical (unpaired) electrons. The maximum atomic E-state index is 13.8. The topological polar surface area (TPSA) is 134 Å². The van der Waals surface area contributed by atoms with E-state index in [1.165, 1.54) is 6.07 Å². The maximum Gasteiger partial charge on any atom is 0.261 e. The Kier molecular flexibility index (Phi) is 10.2. The van der Waals surface area contributed by atoms with E-state index in [1.807, 2.05) is 6.92 Å². The van der Waals surface area contributed by atoms with Crippen LogP contribution in [0.4, 0.5) is 5.69 Å². The first-order valence-electron chi connectivity index (χ1n) is 13.1. The first kappa shape index (κ1) is 30.4. The van der Waals surface area contributed by atoms with Crippen LogP contribution in [0.15, 0.2) is 35.2 Å². The number of hydrogen-bond acceptors (Lipinski definition) is 8. The molecule has 3 heterocycles. The summed E-state index contributed by atoms with van der Waals surface area (Å²) in [6, 6.07) is 6.33. The van der Waals surface area contributed by atoms with Crippen molar-refractivity contribution in [2.24, 2.45) is 0 Å². The summed E-state index contributed by atoms with van der Waals surface area (Å²) in [6.45, 7) is 5.23. The van der Waals surface area contributed by atoms with Gasteiger partial charge in [0, 0.05) is 25.3 Å². The van der Waals surface area contributed by atoms with Gasteiger partial charge in [0.05, 0.1) is 53.0 Å². The fourth-order valence-electron chi connectivity index (χ4n) is 4.75. The summed E-state index contributed by atoms with van der Waals surface area (Å²) in [6.07, 6.45) is 0.522. The van der Waals surface area contributed by atoms with Gasteiger partial charge in [-0.2, -0.15) is 4.72 Å². The number of amides is 3. The number of nitrogens with zero attached hydrogens (tertiary/aromatic N) is 2. The molecule has 0 bridgehead atoms. The highest BCUT2D eigenvalue weighted by molar-refractivity contribution is 7.89. The van der Waals surface area contributed by atoms with E-state index in [-0.39, 0.29) is 29.8 Å². The molecule has 2 aliphatic rings. The number of sulfonamides is 1. The Bertz CT molecular complexity index is 1350. The third kappa shape index (κ3) is 7.01. The van der Waals surface area contributed by atoms with E-state index in [4.69, 9.17) is 21.1 Å². The van der Waals surface area contributed by atoms with Gasteiger partial charge in [0.1, 0.15) is 6.04 Å². The Morgan fingerprint density at radius 3 is 2.62 bits per heavy atom. The molecule has 0 spiro atoms. The Morgan fingerprint density at radius 1 is 1.15 bits per heavy atom. The summed E-state index contributed by atoms with van der Waals surface area (Å²) < 4.78 is 41.5. The molecule has 2 aromatic rings. The van der Waals surface area contributed by atoms with Gasteiger partial charge in [0.15, 0.2) is 0 Å². The molecular weight excluding hydrogens is 580 g/mol. The van der Waals surface area contributed by atoms with Gasteiger partial charge in [-0.05, 0) is 43.2 Å². The zero-order valence-corrected chi connectivity index (χ0v) is 24.7. The largest absolute Gasteiger partial charge is 0.379 e. The Balaban J connectivity index is 1.63.